The quantitative estimate of drug-likeness (QED) is 0.352. The molecule has 0 radical (unpaired) electrons. The van der Waals surface area contributed by atoms with Crippen LogP contribution in [0.3, 0.4) is 0 Å². The van der Waals surface area contributed by atoms with Crippen LogP contribution < -0.4 is 0 Å². The average Bonchev–Trinajstić information content (AvgIpc) is 2.04. The van der Waals surface area contributed by atoms with E-state index in [1.165, 1.54) is 7.86 Å². The van der Waals surface area contributed by atoms with Crippen molar-refractivity contribution in [1.82, 2.24) is 0 Å². The van der Waals surface area contributed by atoms with Gasteiger partial charge >= 0.3 is 125 Å². The molecular formula is C7H12Hg2I2O2. The maximum atomic E-state index is 9.67. The molecule has 1 heterocycles. The van der Waals surface area contributed by atoms with Crippen LogP contribution in [0.15, 0.2) is 0 Å². The predicted octanol–water partition coefficient (Wildman–Crippen LogP) is 2.60. The van der Waals surface area contributed by atoms with Crippen LogP contribution in [0.1, 0.15) is 12.8 Å². The van der Waals surface area contributed by atoms with Crippen LogP contribution in [-0.2, 0) is 45.2 Å². The van der Waals surface area contributed by atoms with Crippen molar-refractivity contribution in [3.8, 4) is 0 Å². The molecule has 2 nitrogen and oxygen atoms in total. The molecule has 0 aliphatic carbocycles. The number of hydrogen-bond donors (Lipinski definition) is 1. The normalized spacial score (nSPS) is 33.6. The van der Waals surface area contributed by atoms with Crippen molar-refractivity contribution in [1.29, 1.82) is 0 Å². The molecule has 1 saturated heterocycles. The molecular weight excluding hydrogens is 771 g/mol. The van der Waals surface area contributed by atoms with Crippen LogP contribution in [0.4, 0.5) is 0 Å². The van der Waals surface area contributed by atoms with Crippen LogP contribution >= 0.6 is 35.3 Å². The fourth-order valence-corrected chi connectivity index (χ4v) is 18.7. The van der Waals surface area contributed by atoms with E-state index in [1.807, 2.05) is 0 Å². The number of aliphatic hydroxyl groups is 1. The first kappa shape index (κ1) is 14.3. The number of halogens is 2. The van der Waals surface area contributed by atoms with E-state index in [0.717, 1.165) is 12.8 Å². The Hall–Kier alpha value is 3.25. The van der Waals surface area contributed by atoms with E-state index >= 15 is 0 Å². The van der Waals surface area contributed by atoms with E-state index in [1.54, 1.807) is 0 Å². The standard InChI is InChI=1S/C7H12O2.2Hg.2HI/c1-5-3-7(8)4-6(2)9-5;;;;/h5-8H,1-4H2;;;2*1H/q;2*+1;;/p-2. The van der Waals surface area contributed by atoms with Gasteiger partial charge in [-0.1, -0.05) is 0 Å². The summed E-state index contributed by atoms with van der Waals surface area (Å²) in [6.45, 7) is 0. The summed E-state index contributed by atoms with van der Waals surface area (Å²) < 4.78 is 8.63. The summed E-state index contributed by atoms with van der Waals surface area (Å²) in [6, 6.07) is 0. The van der Waals surface area contributed by atoms with Crippen molar-refractivity contribution >= 4 is 35.3 Å². The molecule has 0 spiro atoms. The number of rotatable bonds is 4. The maximum absolute atomic E-state index is 9.67. The summed E-state index contributed by atoms with van der Waals surface area (Å²) in [5.41, 5.74) is 0. The Morgan fingerprint density at radius 2 is 1.62 bits per heavy atom. The second-order valence-corrected chi connectivity index (χ2v) is 29.8. The molecule has 1 N–H and O–H groups in total. The molecule has 0 aromatic carbocycles. The van der Waals surface area contributed by atoms with E-state index in [9.17, 15) is 5.11 Å². The molecule has 0 saturated carbocycles. The van der Waals surface area contributed by atoms with Gasteiger partial charge in [0.1, 0.15) is 0 Å². The zero-order valence-electron chi connectivity index (χ0n) is 7.59. The van der Waals surface area contributed by atoms with Crippen molar-refractivity contribution in [2.45, 2.75) is 39.0 Å². The van der Waals surface area contributed by atoms with Crippen LogP contribution in [-0.4, -0.2) is 23.4 Å². The molecule has 0 amide bonds. The molecule has 0 aromatic rings. The minimum absolute atomic E-state index is 0.0588. The molecule has 1 aliphatic heterocycles. The van der Waals surface area contributed by atoms with Gasteiger partial charge in [0, 0.05) is 0 Å². The topological polar surface area (TPSA) is 29.5 Å². The fraction of sp³-hybridized carbons (Fsp3) is 1.00. The molecule has 0 bridgehead atoms. The van der Waals surface area contributed by atoms with Gasteiger partial charge in [0.05, 0.1) is 0 Å². The summed E-state index contributed by atoms with van der Waals surface area (Å²) in [5, 5.41) is 9.67. The Bertz CT molecular complexity index is 136. The third kappa shape index (κ3) is 5.93. The number of hydrogen-bond acceptors (Lipinski definition) is 2. The molecule has 13 heavy (non-hydrogen) atoms. The van der Waals surface area contributed by atoms with Gasteiger partial charge in [-0.15, -0.1) is 0 Å². The van der Waals surface area contributed by atoms with Gasteiger partial charge in [-0.05, 0) is 0 Å². The first-order valence-corrected chi connectivity index (χ1v) is 43.4. The monoisotopic (exact) mass is 786 g/mol. The van der Waals surface area contributed by atoms with E-state index < -0.39 is 40.5 Å². The van der Waals surface area contributed by atoms with Gasteiger partial charge in [0.15, 0.2) is 0 Å². The van der Waals surface area contributed by atoms with Gasteiger partial charge in [0.25, 0.3) is 0 Å². The molecule has 6 heteroatoms. The average molecular weight is 783 g/mol. The Kier molecular flexibility index (Phi) is 9.20. The van der Waals surface area contributed by atoms with Gasteiger partial charge in [-0.2, -0.15) is 0 Å². The summed E-state index contributed by atoms with van der Waals surface area (Å²) in [6.07, 6.45) is 2.64. The van der Waals surface area contributed by atoms with Gasteiger partial charge in [0.2, 0.25) is 0 Å². The Morgan fingerprint density at radius 3 is 2.00 bits per heavy atom. The summed E-state index contributed by atoms with van der Waals surface area (Å²) >= 11 is 4.03. The van der Waals surface area contributed by atoms with E-state index in [0.29, 0.717) is 12.2 Å². The zero-order chi connectivity index (χ0) is 9.68. The molecule has 2 atom stereocenters. The van der Waals surface area contributed by atoms with Crippen molar-refractivity contribution in [3.05, 3.63) is 0 Å². The molecule has 1 aliphatic rings. The molecule has 1 rings (SSSR count). The van der Waals surface area contributed by atoms with Crippen molar-refractivity contribution in [3.63, 3.8) is 0 Å². The third-order valence-electron chi connectivity index (χ3n) is 2.32. The Balaban J connectivity index is 2.33. The zero-order valence-corrected chi connectivity index (χ0v) is 22.9. The number of ether oxygens (including phenoxy) is 1. The number of aliphatic hydroxyl groups excluding tert-OH is 1. The Morgan fingerprint density at radius 1 is 1.15 bits per heavy atom. The van der Waals surface area contributed by atoms with Crippen LogP contribution in [0.2, 0.25) is 7.86 Å². The molecule has 2 unspecified atom stereocenters. The summed E-state index contributed by atoms with van der Waals surface area (Å²) in [4.78, 5) is 0. The molecule has 70 valence electrons. The second kappa shape index (κ2) is 8.36. The van der Waals surface area contributed by atoms with Crippen LogP contribution in [0, 0.1) is 0 Å². The first-order chi connectivity index (χ1) is 6.26. The summed E-state index contributed by atoms with van der Waals surface area (Å²) in [5.74, 6) is 0. The van der Waals surface area contributed by atoms with Crippen molar-refractivity contribution < 1.29 is 50.3 Å². The van der Waals surface area contributed by atoms with Crippen LogP contribution in [0.5, 0.6) is 0 Å². The first-order valence-electron chi connectivity index (χ1n) is 4.71. The predicted molar refractivity (Wildman–Crippen MR) is 61.6 cm³/mol. The van der Waals surface area contributed by atoms with Crippen molar-refractivity contribution in [2.24, 2.45) is 0 Å². The molecule has 1 fully saturated rings. The fourth-order valence-electron chi connectivity index (χ4n) is 1.70. The van der Waals surface area contributed by atoms with Gasteiger partial charge in [-0.3, -0.25) is 0 Å². The van der Waals surface area contributed by atoms with Gasteiger partial charge in [-0.25, -0.2) is 0 Å². The van der Waals surface area contributed by atoms with Gasteiger partial charge < -0.3 is 0 Å². The van der Waals surface area contributed by atoms with Crippen LogP contribution in [0.25, 0.3) is 0 Å². The second-order valence-electron chi connectivity index (χ2n) is 3.46. The third-order valence-corrected chi connectivity index (χ3v) is 20.0. The van der Waals surface area contributed by atoms with E-state index in [2.05, 4.69) is 35.3 Å². The van der Waals surface area contributed by atoms with E-state index in [4.69, 9.17) is 4.74 Å². The Labute approximate surface area is 122 Å². The minimum atomic E-state index is -0.585. The summed E-state index contributed by atoms with van der Waals surface area (Å²) in [7, 11) is 0. The van der Waals surface area contributed by atoms with Crippen molar-refractivity contribution in [2.75, 3.05) is 0 Å². The molecule has 0 aromatic heterocycles. The SMILES string of the molecule is OC1CC([CH2][Hg][I])OC([CH2][Hg][I])C1. The van der Waals surface area contributed by atoms with E-state index in [-0.39, 0.29) is 6.10 Å².